The Morgan fingerprint density at radius 1 is 1.57 bits per heavy atom. The number of carbonyl (C=O) groups excluding carboxylic acids is 1. The fraction of sp³-hybridized carbons (Fsp3) is 0.778. The largest absolute Gasteiger partial charge is 0.480 e. The molecule has 1 unspecified atom stereocenters. The van der Waals surface area contributed by atoms with E-state index in [-0.39, 0.29) is 6.03 Å². The SMILES string of the molecule is CC(NC(=O)N(C)CC1CC1)C(=O)O. The summed E-state index contributed by atoms with van der Waals surface area (Å²) in [5.74, 6) is -0.399. The van der Waals surface area contributed by atoms with E-state index in [1.165, 1.54) is 24.7 Å². The summed E-state index contributed by atoms with van der Waals surface area (Å²) in [7, 11) is 1.68. The zero-order valence-corrected chi connectivity index (χ0v) is 8.49. The number of aliphatic carboxylic acids is 1. The van der Waals surface area contributed by atoms with Gasteiger partial charge in [0, 0.05) is 13.6 Å². The molecule has 2 amide bonds. The normalized spacial score (nSPS) is 17.3. The second-order valence-electron chi connectivity index (χ2n) is 3.83. The third kappa shape index (κ3) is 3.24. The number of hydrogen-bond donors (Lipinski definition) is 2. The number of carbonyl (C=O) groups is 2. The van der Waals surface area contributed by atoms with Gasteiger partial charge in [-0.15, -0.1) is 0 Å². The van der Waals surface area contributed by atoms with Crippen molar-refractivity contribution < 1.29 is 14.7 Å². The summed E-state index contributed by atoms with van der Waals surface area (Å²) < 4.78 is 0. The first-order chi connectivity index (χ1) is 6.50. The summed E-state index contributed by atoms with van der Waals surface area (Å²) in [6, 6.07) is -1.14. The van der Waals surface area contributed by atoms with Crippen molar-refractivity contribution in [2.45, 2.75) is 25.8 Å². The number of urea groups is 1. The Labute approximate surface area is 83.1 Å². The molecule has 1 rings (SSSR count). The third-order valence-corrected chi connectivity index (χ3v) is 2.29. The Morgan fingerprint density at radius 2 is 2.14 bits per heavy atom. The molecule has 0 spiro atoms. The van der Waals surface area contributed by atoms with Crippen LogP contribution in [0.15, 0.2) is 0 Å². The number of carboxylic acid groups (broad SMARTS) is 1. The Balaban J connectivity index is 2.28. The highest BCUT2D eigenvalue weighted by Gasteiger charge is 2.25. The van der Waals surface area contributed by atoms with E-state index in [4.69, 9.17) is 5.11 Å². The van der Waals surface area contributed by atoms with Crippen LogP contribution >= 0.6 is 0 Å². The van der Waals surface area contributed by atoms with Crippen molar-refractivity contribution in [2.24, 2.45) is 5.92 Å². The van der Waals surface area contributed by atoms with E-state index in [9.17, 15) is 9.59 Å². The smallest absolute Gasteiger partial charge is 0.325 e. The lowest BCUT2D eigenvalue weighted by Gasteiger charge is -2.19. The van der Waals surface area contributed by atoms with Gasteiger partial charge in [-0.25, -0.2) is 4.79 Å². The zero-order valence-electron chi connectivity index (χ0n) is 8.49. The van der Waals surface area contributed by atoms with Crippen molar-refractivity contribution >= 4 is 12.0 Å². The first-order valence-corrected chi connectivity index (χ1v) is 4.75. The summed E-state index contributed by atoms with van der Waals surface area (Å²) in [6.07, 6.45) is 2.35. The van der Waals surface area contributed by atoms with Crippen LogP contribution in [0.2, 0.25) is 0 Å². The van der Waals surface area contributed by atoms with Crippen LogP contribution in [0.1, 0.15) is 19.8 Å². The van der Waals surface area contributed by atoms with Gasteiger partial charge in [0.2, 0.25) is 0 Å². The average molecular weight is 200 g/mol. The molecule has 0 aromatic heterocycles. The fourth-order valence-corrected chi connectivity index (χ4v) is 1.13. The van der Waals surface area contributed by atoms with E-state index < -0.39 is 12.0 Å². The van der Waals surface area contributed by atoms with Gasteiger partial charge in [0.1, 0.15) is 6.04 Å². The van der Waals surface area contributed by atoms with Crippen molar-refractivity contribution in [2.75, 3.05) is 13.6 Å². The molecule has 0 saturated heterocycles. The monoisotopic (exact) mass is 200 g/mol. The van der Waals surface area contributed by atoms with E-state index >= 15 is 0 Å². The maximum absolute atomic E-state index is 11.4. The highest BCUT2D eigenvalue weighted by molar-refractivity contribution is 5.82. The van der Waals surface area contributed by atoms with Crippen LogP contribution in [0.5, 0.6) is 0 Å². The van der Waals surface area contributed by atoms with Crippen molar-refractivity contribution in [3.05, 3.63) is 0 Å². The molecule has 1 aliphatic carbocycles. The maximum Gasteiger partial charge on any atom is 0.325 e. The summed E-state index contributed by atoms with van der Waals surface area (Å²) >= 11 is 0. The van der Waals surface area contributed by atoms with Crippen molar-refractivity contribution in [1.29, 1.82) is 0 Å². The lowest BCUT2D eigenvalue weighted by Crippen LogP contribution is -2.45. The molecule has 0 aromatic carbocycles. The molecule has 0 radical (unpaired) electrons. The van der Waals surface area contributed by atoms with Crippen molar-refractivity contribution in [3.8, 4) is 0 Å². The molecule has 0 aliphatic heterocycles. The standard InChI is InChI=1S/C9H16N2O3/c1-6(8(12)13)10-9(14)11(2)5-7-3-4-7/h6-7H,3-5H2,1-2H3,(H,10,14)(H,12,13). The summed E-state index contributed by atoms with van der Waals surface area (Å²) in [5, 5.41) is 11.0. The van der Waals surface area contributed by atoms with Crippen LogP contribution in [0.3, 0.4) is 0 Å². The van der Waals surface area contributed by atoms with Gasteiger partial charge in [-0.2, -0.15) is 0 Å². The molecule has 80 valence electrons. The molecule has 0 heterocycles. The van der Waals surface area contributed by atoms with Crippen LogP contribution in [0, 0.1) is 5.92 Å². The lowest BCUT2D eigenvalue weighted by atomic mass is 10.3. The highest BCUT2D eigenvalue weighted by atomic mass is 16.4. The Hall–Kier alpha value is -1.26. The lowest BCUT2D eigenvalue weighted by molar-refractivity contribution is -0.138. The number of carboxylic acids is 1. The first kappa shape index (κ1) is 10.8. The number of amides is 2. The van der Waals surface area contributed by atoms with Gasteiger partial charge < -0.3 is 15.3 Å². The Bertz CT molecular complexity index is 238. The molecule has 2 N–H and O–H groups in total. The van der Waals surface area contributed by atoms with Crippen LogP contribution in [-0.2, 0) is 4.79 Å². The van der Waals surface area contributed by atoms with E-state index in [2.05, 4.69) is 5.32 Å². The molecule has 14 heavy (non-hydrogen) atoms. The van der Waals surface area contributed by atoms with Crippen molar-refractivity contribution in [3.63, 3.8) is 0 Å². The molecule has 0 bridgehead atoms. The number of nitrogens with zero attached hydrogens (tertiary/aromatic N) is 1. The summed E-state index contributed by atoms with van der Waals surface area (Å²) in [6.45, 7) is 2.17. The van der Waals surface area contributed by atoms with E-state index in [1.54, 1.807) is 7.05 Å². The molecule has 1 aliphatic rings. The molecule has 0 aromatic rings. The van der Waals surface area contributed by atoms with Crippen LogP contribution < -0.4 is 5.32 Å². The predicted molar refractivity (Wildman–Crippen MR) is 51.0 cm³/mol. The molecule has 1 saturated carbocycles. The number of nitrogens with one attached hydrogen (secondary N) is 1. The van der Waals surface area contributed by atoms with Crippen molar-refractivity contribution in [1.82, 2.24) is 10.2 Å². The van der Waals surface area contributed by atoms with E-state index in [0.717, 1.165) is 6.54 Å². The molecule has 1 fully saturated rings. The molecule has 5 nitrogen and oxygen atoms in total. The van der Waals surface area contributed by atoms with Gasteiger partial charge in [0.05, 0.1) is 0 Å². The zero-order chi connectivity index (χ0) is 10.7. The second-order valence-corrected chi connectivity index (χ2v) is 3.83. The average Bonchev–Trinajstić information content (AvgIpc) is 2.87. The molecular weight excluding hydrogens is 184 g/mol. The van der Waals surface area contributed by atoms with Gasteiger partial charge in [-0.1, -0.05) is 0 Å². The summed E-state index contributed by atoms with van der Waals surface area (Å²) in [5.41, 5.74) is 0. The van der Waals surface area contributed by atoms with Crippen LogP contribution in [0.4, 0.5) is 4.79 Å². The minimum Gasteiger partial charge on any atom is -0.480 e. The van der Waals surface area contributed by atoms with E-state index in [1.807, 2.05) is 0 Å². The topological polar surface area (TPSA) is 69.6 Å². The number of hydrogen-bond acceptors (Lipinski definition) is 2. The minimum absolute atomic E-state index is 0.313. The predicted octanol–water partition coefficient (Wildman–Crippen LogP) is 0.511. The third-order valence-electron chi connectivity index (χ3n) is 2.29. The molecular formula is C9H16N2O3. The summed E-state index contributed by atoms with van der Waals surface area (Å²) in [4.78, 5) is 23.4. The van der Waals surface area contributed by atoms with Gasteiger partial charge in [0.25, 0.3) is 0 Å². The van der Waals surface area contributed by atoms with Gasteiger partial charge in [-0.05, 0) is 25.7 Å². The van der Waals surface area contributed by atoms with Gasteiger partial charge in [-0.3, -0.25) is 4.79 Å². The van der Waals surface area contributed by atoms with E-state index in [0.29, 0.717) is 5.92 Å². The quantitative estimate of drug-likeness (QED) is 0.694. The fourth-order valence-electron chi connectivity index (χ4n) is 1.13. The van der Waals surface area contributed by atoms with Crippen LogP contribution in [-0.4, -0.2) is 41.6 Å². The molecule has 5 heteroatoms. The highest BCUT2D eigenvalue weighted by Crippen LogP contribution is 2.29. The maximum atomic E-state index is 11.4. The molecule has 1 atom stereocenters. The second kappa shape index (κ2) is 4.30. The van der Waals surface area contributed by atoms with Gasteiger partial charge in [0.15, 0.2) is 0 Å². The first-order valence-electron chi connectivity index (χ1n) is 4.75. The Kier molecular flexibility index (Phi) is 3.33. The minimum atomic E-state index is -1.02. The van der Waals surface area contributed by atoms with Gasteiger partial charge >= 0.3 is 12.0 Å². The number of rotatable bonds is 4. The Morgan fingerprint density at radius 3 is 2.57 bits per heavy atom. The van der Waals surface area contributed by atoms with Crippen LogP contribution in [0.25, 0.3) is 0 Å².